The molecule has 0 radical (unpaired) electrons. The summed E-state index contributed by atoms with van der Waals surface area (Å²) in [6.07, 6.45) is 5.64. The summed E-state index contributed by atoms with van der Waals surface area (Å²) in [5.74, 6) is 2.14. The highest BCUT2D eigenvalue weighted by Gasteiger charge is 2.25. The Hall–Kier alpha value is -2.18. The van der Waals surface area contributed by atoms with E-state index in [1.807, 2.05) is 18.3 Å². The smallest absolute Gasteiger partial charge is 0.193 e. The Balaban J connectivity index is 1.42. The number of hydrogen-bond donors (Lipinski definition) is 3. The second-order valence-corrected chi connectivity index (χ2v) is 6.60. The van der Waals surface area contributed by atoms with Crippen molar-refractivity contribution in [2.24, 2.45) is 16.6 Å². The van der Waals surface area contributed by atoms with E-state index >= 15 is 0 Å². The molecule has 2 aromatic heterocycles. The number of aromatic amines is 1. The molecule has 0 saturated carbocycles. The summed E-state index contributed by atoms with van der Waals surface area (Å²) in [7, 11) is 0. The first kappa shape index (κ1) is 15.4. The maximum atomic E-state index is 6.49. The van der Waals surface area contributed by atoms with Crippen molar-refractivity contribution >= 4 is 29.5 Å². The fourth-order valence-electron chi connectivity index (χ4n) is 3.41. The van der Waals surface area contributed by atoms with Crippen LogP contribution >= 0.6 is 11.6 Å². The summed E-state index contributed by atoms with van der Waals surface area (Å²) in [5, 5.41) is 3.66. The Morgan fingerprint density at radius 1 is 1.33 bits per heavy atom. The van der Waals surface area contributed by atoms with Crippen LogP contribution in [-0.2, 0) is 6.54 Å². The van der Waals surface area contributed by atoms with Gasteiger partial charge in [0.2, 0.25) is 0 Å². The molecule has 0 aliphatic carbocycles. The molecule has 0 atom stereocenters. The molecule has 4 rings (SSSR count). The first-order valence-electron chi connectivity index (χ1n) is 8.14. The number of fused-ring (bicyclic) bond motifs is 1. The Morgan fingerprint density at radius 2 is 2.17 bits per heavy atom. The van der Waals surface area contributed by atoms with Crippen LogP contribution in [0.1, 0.15) is 24.2 Å². The zero-order valence-electron chi connectivity index (χ0n) is 13.3. The van der Waals surface area contributed by atoms with Crippen molar-refractivity contribution in [1.29, 1.82) is 0 Å². The summed E-state index contributed by atoms with van der Waals surface area (Å²) in [6, 6.07) is 5.73. The summed E-state index contributed by atoms with van der Waals surface area (Å²) in [5.41, 5.74) is 9.43. The van der Waals surface area contributed by atoms with Crippen LogP contribution in [0.15, 0.2) is 39.5 Å². The van der Waals surface area contributed by atoms with Crippen molar-refractivity contribution in [2.45, 2.75) is 19.4 Å². The lowest BCUT2D eigenvalue weighted by Crippen LogP contribution is -2.36. The van der Waals surface area contributed by atoms with E-state index in [9.17, 15) is 0 Å². The van der Waals surface area contributed by atoms with Gasteiger partial charge in [-0.05, 0) is 55.7 Å². The van der Waals surface area contributed by atoms with Gasteiger partial charge >= 0.3 is 0 Å². The van der Waals surface area contributed by atoms with Gasteiger partial charge in [0.25, 0.3) is 0 Å². The minimum Gasteiger partial charge on any atom is -0.448 e. The van der Waals surface area contributed by atoms with E-state index in [1.165, 1.54) is 0 Å². The molecule has 1 saturated heterocycles. The quantitative estimate of drug-likeness (QED) is 0.798. The topological polar surface area (TPSA) is 82.6 Å². The minimum atomic E-state index is 0.373. The second kappa shape index (κ2) is 6.37. The van der Waals surface area contributed by atoms with Crippen LogP contribution in [0.25, 0.3) is 5.70 Å². The largest absolute Gasteiger partial charge is 0.448 e. The number of nitrogens with zero attached hydrogens (tertiary/aromatic N) is 2. The van der Waals surface area contributed by atoms with Crippen molar-refractivity contribution in [1.82, 2.24) is 15.2 Å². The normalized spacial score (nSPS) is 20.7. The molecular formula is C17H20ClN5O. The number of H-pyrrole nitrogens is 1. The van der Waals surface area contributed by atoms with Crippen LogP contribution in [0.5, 0.6) is 0 Å². The van der Waals surface area contributed by atoms with E-state index in [2.05, 4.69) is 20.2 Å². The van der Waals surface area contributed by atoms with E-state index < -0.39 is 0 Å². The lowest BCUT2D eigenvalue weighted by molar-refractivity contribution is 0.179. The summed E-state index contributed by atoms with van der Waals surface area (Å²) in [4.78, 5) is 9.78. The third-order valence-corrected chi connectivity index (χ3v) is 4.92. The molecule has 0 spiro atoms. The van der Waals surface area contributed by atoms with Gasteiger partial charge in [-0.3, -0.25) is 4.90 Å². The van der Waals surface area contributed by atoms with Gasteiger partial charge in [-0.15, -0.1) is 0 Å². The number of likely N-dealkylation sites (tertiary alicyclic amines) is 1. The van der Waals surface area contributed by atoms with Crippen molar-refractivity contribution in [3.63, 3.8) is 0 Å². The number of nitrogens with one attached hydrogen (secondary N) is 2. The standard InChI is InChI=1S/C17H20ClN5O/c18-14-2-1-12(24-14)9-23-7-4-11(5-8-23)15(19)16-13-3-6-20-17(13)22-10-21-16/h1-3,6,10-11,20H,4-5,7-9,19H2,(H,21,22)/b16-15-. The van der Waals surface area contributed by atoms with E-state index in [0.29, 0.717) is 11.1 Å². The summed E-state index contributed by atoms with van der Waals surface area (Å²) >= 11 is 5.83. The Labute approximate surface area is 145 Å². The zero-order valence-corrected chi connectivity index (χ0v) is 14.0. The predicted octanol–water partition coefficient (Wildman–Crippen LogP) is 3.06. The molecule has 4 heterocycles. The van der Waals surface area contributed by atoms with Crippen LogP contribution in [0, 0.1) is 5.92 Å². The molecule has 1 fully saturated rings. The molecule has 126 valence electrons. The molecule has 0 aromatic carbocycles. The summed E-state index contributed by atoms with van der Waals surface area (Å²) < 4.78 is 5.45. The lowest BCUT2D eigenvalue weighted by Gasteiger charge is -2.32. The third kappa shape index (κ3) is 2.95. The number of hydrogen-bond acceptors (Lipinski definition) is 5. The minimum absolute atomic E-state index is 0.373. The predicted molar refractivity (Wildman–Crippen MR) is 94.9 cm³/mol. The maximum absolute atomic E-state index is 6.49. The molecule has 2 aromatic rings. The Morgan fingerprint density at radius 3 is 2.92 bits per heavy atom. The van der Waals surface area contributed by atoms with E-state index in [4.69, 9.17) is 21.8 Å². The highest BCUT2D eigenvalue weighted by Crippen LogP contribution is 2.32. The fraction of sp³-hybridized carbons (Fsp3) is 0.353. The van der Waals surface area contributed by atoms with Gasteiger partial charge < -0.3 is 20.5 Å². The number of piperidine rings is 1. The average Bonchev–Trinajstić information content (AvgIpc) is 3.23. The molecule has 7 heteroatoms. The van der Waals surface area contributed by atoms with E-state index in [0.717, 1.165) is 61.0 Å². The average molecular weight is 346 g/mol. The molecule has 4 N–H and O–H groups in total. The van der Waals surface area contributed by atoms with Crippen LogP contribution in [0.3, 0.4) is 0 Å². The molecule has 6 nitrogen and oxygen atoms in total. The monoisotopic (exact) mass is 345 g/mol. The molecule has 2 aliphatic rings. The number of nitrogens with two attached hydrogens (primary N) is 1. The van der Waals surface area contributed by atoms with E-state index in [-0.39, 0.29) is 0 Å². The van der Waals surface area contributed by atoms with Gasteiger partial charge in [-0.25, -0.2) is 4.99 Å². The SMILES string of the molecule is N/C(=C1\NC=Nc2[nH]ccc21)C1CCN(Cc2ccc(Cl)o2)CC1. The zero-order chi connectivity index (χ0) is 16.5. The van der Waals surface area contributed by atoms with E-state index in [1.54, 1.807) is 12.4 Å². The first-order chi connectivity index (χ1) is 11.7. The number of aromatic nitrogens is 1. The van der Waals surface area contributed by atoms with Crippen LogP contribution in [0.2, 0.25) is 5.22 Å². The number of allylic oxidation sites excluding steroid dienone is 1. The number of aliphatic imine (C=N–C) groups is 1. The molecule has 24 heavy (non-hydrogen) atoms. The van der Waals surface area contributed by atoms with Gasteiger partial charge in [-0.1, -0.05) is 0 Å². The second-order valence-electron chi connectivity index (χ2n) is 6.23. The third-order valence-electron chi connectivity index (χ3n) is 4.72. The van der Waals surface area contributed by atoms with Crippen LogP contribution in [-0.4, -0.2) is 29.3 Å². The van der Waals surface area contributed by atoms with Gasteiger partial charge in [0, 0.05) is 23.4 Å². The number of rotatable bonds is 3. The fourth-order valence-corrected chi connectivity index (χ4v) is 3.57. The molecule has 2 aliphatic heterocycles. The highest BCUT2D eigenvalue weighted by molar-refractivity contribution is 6.28. The molecule has 0 amide bonds. The number of furan rings is 1. The molecule has 0 bridgehead atoms. The van der Waals surface area contributed by atoms with Crippen molar-refractivity contribution in [3.05, 3.63) is 46.6 Å². The molecule has 0 unspecified atom stereocenters. The van der Waals surface area contributed by atoms with Crippen molar-refractivity contribution in [2.75, 3.05) is 13.1 Å². The highest BCUT2D eigenvalue weighted by atomic mass is 35.5. The summed E-state index contributed by atoms with van der Waals surface area (Å²) in [6.45, 7) is 2.78. The van der Waals surface area contributed by atoms with Gasteiger partial charge in [0.15, 0.2) is 5.22 Å². The first-order valence-corrected chi connectivity index (χ1v) is 8.51. The molecular weight excluding hydrogens is 326 g/mol. The number of halogens is 1. The lowest BCUT2D eigenvalue weighted by atomic mass is 9.91. The van der Waals surface area contributed by atoms with Gasteiger partial charge in [-0.2, -0.15) is 0 Å². The van der Waals surface area contributed by atoms with Crippen LogP contribution < -0.4 is 11.1 Å². The van der Waals surface area contributed by atoms with Crippen LogP contribution in [0.4, 0.5) is 5.82 Å². The van der Waals surface area contributed by atoms with Crippen molar-refractivity contribution in [3.8, 4) is 0 Å². The van der Waals surface area contributed by atoms with Gasteiger partial charge in [0.05, 0.1) is 18.6 Å². The Kier molecular flexibility index (Phi) is 4.08. The van der Waals surface area contributed by atoms with Gasteiger partial charge in [0.1, 0.15) is 11.6 Å². The maximum Gasteiger partial charge on any atom is 0.193 e. The van der Waals surface area contributed by atoms with Crippen molar-refractivity contribution < 1.29 is 4.42 Å². The Bertz CT molecular complexity index is 783.